The Morgan fingerprint density at radius 1 is 1.50 bits per heavy atom. The van der Waals surface area contributed by atoms with Gasteiger partial charge in [0.25, 0.3) is 0 Å². The summed E-state index contributed by atoms with van der Waals surface area (Å²) in [6.07, 6.45) is 3.14. The van der Waals surface area contributed by atoms with Crippen molar-refractivity contribution in [3.63, 3.8) is 0 Å². The number of amides is 1. The van der Waals surface area contributed by atoms with E-state index < -0.39 is 0 Å². The SMILES string of the molecule is Cc1ccc(C#CCO)cc1NC(=O)Cn1ccnn1. The van der Waals surface area contributed by atoms with Gasteiger partial charge in [-0.3, -0.25) is 4.79 Å². The van der Waals surface area contributed by atoms with Crippen LogP contribution in [-0.4, -0.2) is 32.6 Å². The zero-order chi connectivity index (χ0) is 14.4. The number of benzene rings is 1. The fourth-order valence-corrected chi connectivity index (χ4v) is 1.63. The maximum Gasteiger partial charge on any atom is 0.246 e. The fraction of sp³-hybridized carbons (Fsp3) is 0.214. The van der Waals surface area contributed by atoms with E-state index in [0.29, 0.717) is 5.69 Å². The van der Waals surface area contributed by atoms with Crippen LogP contribution in [0.3, 0.4) is 0 Å². The molecular weight excluding hydrogens is 256 g/mol. The van der Waals surface area contributed by atoms with E-state index in [1.165, 1.54) is 10.9 Å². The van der Waals surface area contributed by atoms with Crippen LogP contribution in [0.4, 0.5) is 5.69 Å². The van der Waals surface area contributed by atoms with E-state index in [9.17, 15) is 4.79 Å². The first-order valence-corrected chi connectivity index (χ1v) is 6.03. The third kappa shape index (κ3) is 3.67. The number of nitrogens with one attached hydrogen (secondary N) is 1. The number of carbonyl (C=O) groups excluding carboxylic acids is 1. The highest BCUT2D eigenvalue weighted by molar-refractivity contribution is 5.91. The van der Waals surface area contributed by atoms with E-state index in [1.54, 1.807) is 12.3 Å². The Balaban J connectivity index is 2.09. The molecule has 0 bridgehead atoms. The first kappa shape index (κ1) is 13.8. The van der Waals surface area contributed by atoms with Crippen LogP contribution in [0.2, 0.25) is 0 Å². The second-order valence-electron chi connectivity index (χ2n) is 4.14. The monoisotopic (exact) mass is 270 g/mol. The van der Waals surface area contributed by atoms with Crippen molar-refractivity contribution in [2.24, 2.45) is 0 Å². The molecule has 0 fully saturated rings. The van der Waals surface area contributed by atoms with Crippen LogP contribution in [0.25, 0.3) is 0 Å². The number of carbonyl (C=O) groups is 1. The summed E-state index contributed by atoms with van der Waals surface area (Å²) >= 11 is 0. The normalized spacial score (nSPS) is 9.70. The van der Waals surface area contributed by atoms with Gasteiger partial charge in [0.2, 0.25) is 5.91 Å². The smallest absolute Gasteiger partial charge is 0.246 e. The summed E-state index contributed by atoms with van der Waals surface area (Å²) in [6.45, 7) is 1.81. The molecule has 1 aromatic heterocycles. The van der Waals surface area contributed by atoms with Crippen molar-refractivity contribution in [1.82, 2.24) is 15.0 Å². The summed E-state index contributed by atoms with van der Waals surface area (Å²) < 4.78 is 1.44. The Morgan fingerprint density at radius 2 is 2.35 bits per heavy atom. The van der Waals surface area contributed by atoms with Gasteiger partial charge < -0.3 is 10.4 Å². The Bertz CT molecular complexity index is 654. The van der Waals surface area contributed by atoms with E-state index >= 15 is 0 Å². The zero-order valence-corrected chi connectivity index (χ0v) is 11.0. The minimum atomic E-state index is -0.193. The molecule has 1 heterocycles. The van der Waals surface area contributed by atoms with Crippen molar-refractivity contribution in [1.29, 1.82) is 0 Å². The van der Waals surface area contributed by atoms with Crippen molar-refractivity contribution in [3.8, 4) is 11.8 Å². The minimum absolute atomic E-state index is 0.103. The molecular formula is C14H14N4O2. The van der Waals surface area contributed by atoms with Gasteiger partial charge in [0, 0.05) is 17.4 Å². The number of hydrogen-bond donors (Lipinski definition) is 2. The molecule has 0 unspecified atom stereocenters. The Labute approximate surface area is 116 Å². The average Bonchev–Trinajstić information content (AvgIpc) is 2.92. The molecule has 6 heteroatoms. The molecule has 2 aromatic rings. The first-order chi connectivity index (χ1) is 9.69. The van der Waals surface area contributed by atoms with Crippen LogP contribution >= 0.6 is 0 Å². The highest BCUT2D eigenvalue weighted by atomic mass is 16.2. The van der Waals surface area contributed by atoms with Gasteiger partial charge >= 0.3 is 0 Å². The standard InChI is InChI=1S/C14H14N4O2/c1-11-4-5-12(3-2-8-19)9-13(11)16-14(20)10-18-7-6-15-17-18/h4-7,9,19H,8,10H2,1H3,(H,16,20). The van der Waals surface area contributed by atoms with Crippen LogP contribution in [-0.2, 0) is 11.3 Å². The summed E-state index contributed by atoms with van der Waals surface area (Å²) in [5.41, 5.74) is 2.37. The molecule has 2 rings (SSSR count). The zero-order valence-electron chi connectivity index (χ0n) is 11.0. The predicted octanol–water partition coefficient (Wildman–Crippen LogP) is 0.569. The molecule has 0 spiro atoms. The predicted molar refractivity (Wildman–Crippen MR) is 73.8 cm³/mol. The van der Waals surface area contributed by atoms with Gasteiger partial charge in [-0.05, 0) is 24.6 Å². The molecule has 1 amide bonds. The number of aryl methyl sites for hydroxylation is 1. The molecule has 102 valence electrons. The molecule has 0 radical (unpaired) electrons. The van der Waals surface area contributed by atoms with Crippen molar-refractivity contribution in [2.45, 2.75) is 13.5 Å². The number of hydrogen-bond acceptors (Lipinski definition) is 4. The van der Waals surface area contributed by atoms with E-state index in [0.717, 1.165) is 11.1 Å². The lowest BCUT2D eigenvalue weighted by molar-refractivity contribution is -0.116. The second kappa shape index (κ2) is 6.50. The third-order valence-corrected chi connectivity index (χ3v) is 2.60. The number of aromatic nitrogens is 3. The Hall–Kier alpha value is -2.65. The van der Waals surface area contributed by atoms with Gasteiger partial charge in [-0.25, -0.2) is 4.68 Å². The Morgan fingerprint density at radius 3 is 3.05 bits per heavy atom. The maximum absolute atomic E-state index is 11.9. The highest BCUT2D eigenvalue weighted by Gasteiger charge is 2.06. The third-order valence-electron chi connectivity index (χ3n) is 2.60. The second-order valence-corrected chi connectivity index (χ2v) is 4.14. The lowest BCUT2D eigenvalue weighted by atomic mass is 10.1. The molecule has 2 N–H and O–H groups in total. The average molecular weight is 270 g/mol. The van der Waals surface area contributed by atoms with Crippen molar-refractivity contribution in [3.05, 3.63) is 41.7 Å². The van der Waals surface area contributed by atoms with E-state index in [4.69, 9.17) is 5.11 Å². The molecule has 0 aliphatic rings. The number of aliphatic hydroxyl groups excluding tert-OH is 1. The topological polar surface area (TPSA) is 80.0 Å². The minimum Gasteiger partial charge on any atom is -0.384 e. The van der Waals surface area contributed by atoms with Crippen LogP contribution in [0.15, 0.2) is 30.6 Å². The van der Waals surface area contributed by atoms with Crippen LogP contribution in [0, 0.1) is 18.8 Å². The van der Waals surface area contributed by atoms with E-state index in [2.05, 4.69) is 27.5 Å². The molecule has 0 saturated carbocycles. The Kier molecular flexibility index (Phi) is 4.47. The molecule has 6 nitrogen and oxygen atoms in total. The summed E-state index contributed by atoms with van der Waals surface area (Å²) in [7, 11) is 0. The molecule has 0 aliphatic carbocycles. The summed E-state index contributed by atoms with van der Waals surface area (Å²) in [4.78, 5) is 11.9. The van der Waals surface area contributed by atoms with E-state index in [1.807, 2.05) is 19.1 Å². The highest BCUT2D eigenvalue weighted by Crippen LogP contribution is 2.16. The van der Waals surface area contributed by atoms with Crippen molar-refractivity contribution >= 4 is 11.6 Å². The summed E-state index contributed by atoms with van der Waals surface area (Å²) in [5.74, 6) is 5.18. The van der Waals surface area contributed by atoms with Crippen LogP contribution < -0.4 is 5.32 Å². The van der Waals surface area contributed by atoms with Gasteiger partial charge in [0.15, 0.2) is 0 Å². The molecule has 0 saturated heterocycles. The lowest BCUT2D eigenvalue weighted by Crippen LogP contribution is -2.19. The van der Waals surface area contributed by atoms with Gasteiger partial charge in [0.05, 0.1) is 6.20 Å². The molecule has 0 atom stereocenters. The number of nitrogens with zero attached hydrogens (tertiary/aromatic N) is 3. The first-order valence-electron chi connectivity index (χ1n) is 6.03. The van der Waals surface area contributed by atoms with Gasteiger partial charge in [-0.2, -0.15) is 0 Å². The van der Waals surface area contributed by atoms with Gasteiger partial charge in [-0.1, -0.05) is 23.1 Å². The number of rotatable bonds is 3. The number of anilines is 1. The largest absolute Gasteiger partial charge is 0.384 e. The van der Waals surface area contributed by atoms with Gasteiger partial charge in [-0.15, -0.1) is 5.10 Å². The van der Waals surface area contributed by atoms with E-state index in [-0.39, 0.29) is 19.1 Å². The lowest BCUT2D eigenvalue weighted by Gasteiger charge is -2.08. The van der Waals surface area contributed by atoms with Crippen LogP contribution in [0.5, 0.6) is 0 Å². The molecule has 20 heavy (non-hydrogen) atoms. The summed E-state index contributed by atoms with van der Waals surface area (Å²) in [5, 5.41) is 18.9. The molecule has 0 aliphatic heterocycles. The van der Waals surface area contributed by atoms with Crippen molar-refractivity contribution < 1.29 is 9.90 Å². The quantitative estimate of drug-likeness (QED) is 0.799. The summed E-state index contributed by atoms with van der Waals surface area (Å²) in [6, 6.07) is 5.48. The van der Waals surface area contributed by atoms with Gasteiger partial charge in [0.1, 0.15) is 13.2 Å². The molecule has 1 aromatic carbocycles. The fourth-order valence-electron chi connectivity index (χ4n) is 1.63. The van der Waals surface area contributed by atoms with Crippen LogP contribution in [0.1, 0.15) is 11.1 Å². The number of aliphatic hydroxyl groups is 1. The van der Waals surface area contributed by atoms with Crippen molar-refractivity contribution in [2.75, 3.05) is 11.9 Å². The maximum atomic E-state index is 11.9.